The van der Waals surface area contributed by atoms with Gasteiger partial charge in [-0.05, 0) is 36.8 Å². The van der Waals surface area contributed by atoms with Crippen molar-refractivity contribution < 1.29 is 35.2 Å². The summed E-state index contributed by atoms with van der Waals surface area (Å²) in [6, 6.07) is 5.47. The van der Waals surface area contributed by atoms with E-state index in [0.717, 1.165) is 36.8 Å². The van der Waals surface area contributed by atoms with Gasteiger partial charge in [-0.1, -0.05) is 6.92 Å². The number of carbonyl (C=O) groups is 1. The Kier molecular flexibility index (Phi) is 7.22. The molecule has 0 spiro atoms. The maximum absolute atomic E-state index is 14.6. The number of carbonyl (C=O) groups excluding carboxylic acids is 1. The first-order chi connectivity index (χ1) is 17.4. The molecule has 14 heteroatoms. The van der Waals surface area contributed by atoms with Crippen LogP contribution in [-0.2, 0) is 27.4 Å². The molecule has 0 radical (unpaired) electrons. The first kappa shape index (κ1) is 26.5. The molecule has 2 heterocycles. The third kappa shape index (κ3) is 5.58. The topological polar surface area (TPSA) is 115 Å². The van der Waals surface area contributed by atoms with Crippen LogP contribution in [0.4, 0.5) is 22.0 Å². The van der Waals surface area contributed by atoms with E-state index in [1.165, 1.54) is 13.0 Å². The molecule has 1 N–H and O–H groups in total. The predicted octanol–water partition coefficient (Wildman–Crippen LogP) is 3.54. The van der Waals surface area contributed by atoms with Gasteiger partial charge in [-0.15, -0.1) is 0 Å². The normalized spacial score (nSPS) is 22.1. The zero-order valence-corrected chi connectivity index (χ0v) is 20.0. The van der Waals surface area contributed by atoms with E-state index in [4.69, 9.17) is 0 Å². The van der Waals surface area contributed by atoms with Gasteiger partial charge >= 0.3 is 6.18 Å². The molecule has 1 aliphatic carbocycles. The number of aromatic nitrogens is 4. The van der Waals surface area contributed by atoms with Crippen molar-refractivity contribution >= 4 is 15.7 Å². The first-order valence-electron chi connectivity index (χ1n) is 11.0. The van der Waals surface area contributed by atoms with Crippen molar-refractivity contribution in [1.82, 2.24) is 25.3 Å². The SMILES string of the molecule is C[C@@H]1C(S(=O)(=O)c2ccc(F)cc2)[C@H](C(=O)NCc2cc(-c3cnc(C(F)(F)F)cn3)ncn2)C[C@H]1F. The summed E-state index contributed by atoms with van der Waals surface area (Å²) in [5.74, 6) is -3.53. The zero-order chi connectivity index (χ0) is 27.0. The molecule has 0 bridgehead atoms. The fraction of sp³-hybridized carbons (Fsp3) is 0.348. The van der Waals surface area contributed by atoms with Crippen LogP contribution in [0.2, 0.25) is 0 Å². The Balaban J connectivity index is 1.49. The van der Waals surface area contributed by atoms with Gasteiger partial charge in [0.15, 0.2) is 15.5 Å². The monoisotopic (exact) mass is 541 g/mol. The number of halogens is 5. The highest BCUT2D eigenvalue weighted by Crippen LogP contribution is 2.41. The Morgan fingerprint density at radius 2 is 1.76 bits per heavy atom. The lowest BCUT2D eigenvalue weighted by molar-refractivity contribution is -0.141. The van der Waals surface area contributed by atoms with Crippen LogP contribution in [-0.4, -0.2) is 45.7 Å². The average molecular weight is 542 g/mol. The Labute approximate surface area is 208 Å². The number of nitrogens with zero attached hydrogens (tertiary/aromatic N) is 4. The highest BCUT2D eigenvalue weighted by molar-refractivity contribution is 7.92. The number of nitrogens with one attached hydrogen (secondary N) is 1. The highest BCUT2D eigenvalue weighted by Gasteiger charge is 2.51. The van der Waals surface area contributed by atoms with Gasteiger partial charge in [0.25, 0.3) is 0 Å². The Morgan fingerprint density at radius 1 is 1.05 bits per heavy atom. The van der Waals surface area contributed by atoms with Gasteiger partial charge in [-0.3, -0.25) is 9.78 Å². The lowest BCUT2D eigenvalue weighted by Gasteiger charge is -2.22. The van der Waals surface area contributed by atoms with Crippen molar-refractivity contribution in [2.24, 2.45) is 11.8 Å². The zero-order valence-electron chi connectivity index (χ0n) is 19.2. The van der Waals surface area contributed by atoms with E-state index in [2.05, 4.69) is 25.3 Å². The minimum atomic E-state index is -4.65. The van der Waals surface area contributed by atoms with Crippen LogP contribution in [0.5, 0.6) is 0 Å². The minimum absolute atomic E-state index is 0.0401. The Morgan fingerprint density at radius 3 is 2.38 bits per heavy atom. The van der Waals surface area contributed by atoms with Gasteiger partial charge in [0, 0.05) is 5.92 Å². The van der Waals surface area contributed by atoms with E-state index in [1.807, 2.05) is 0 Å². The average Bonchev–Trinajstić information content (AvgIpc) is 3.17. The number of sulfone groups is 1. The third-order valence-electron chi connectivity index (χ3n) is 6.17. The number of rotatable bonds is 6. The van der Waals surface area contributed by atoms with Gasteiger partial charge in [0.2, 0.25) is 5.91 Å². The molecule has 37 heavy (non-hydrogen) atoms. The quantitative estimate of drug-likeness (QED) is 0.375. The van der Waals surface area contributed by atoms with Crippen LogP contribution in [0, 0.1) is 17.7 Å². The fourth-order valence-corrected chi connectivity index (χ4v) is 6.48. The predicted molar refractivity (Wildman–Crippen MR) is 119 cm³/mol. The van der Waals surface area contributed by atoms with Crippen molar-refractivity contribution in [3.05, 3.63) is 66.3 Å². The number of alkyl halides is 4. The summed E-state index contributed by atoms with van der Waals surface area (Å²) in [5, 5.41) is 1.18. The van der Waals surface area contributed by atoms with E-state index < -0.39 is 56.7 Å². The maximum atomic E-state index is 14.6. The van der Waals surface area contributed by atoms with Gasteiger partial charge in [0.05, 0.1) is 46.4 Å². The third-order valence-corrected chi connectivity index (χ3v) is 8.58. The summed E-state index contributed by atoms with van der Waals surface area (Å²) < 4.78 is 92.4. The second-order valence-corrected chi connectivity index (χ2v) is 10.7. The van der Waals surface area contributed by atoms with Crippen LogP contribution >= 0.6 is 0 Å². The number of benzene rings is 1. The molecule has 196 valence electrons. The van der Waals surface area contributed by atoms with Crippen LogP contribution in [0.25, 0.3) is 11.4 Å². The summed E-state index contributed by atoms with van der Waals surface area (Å²) in [4.78, 5) is 27.7. The van der Waals surface area contributed by atoms with E-state index in [-0.39, 0.29) is 34.9 Å². The fourth-order valence-electron chi connectivity index (χ4n) is 4.25. The molecule has 8 nitrogen and oxygen atoms in total. The summed E-state index contributed by atoms with van der Waals surface area (Å²) in [6.45, 7) is 1.22. The molecule has 1 aromatic carbocycles. The molecule has 4 rings (SSSR count). The molecule has 1 aliphatic rings. The first-order valence-corrected chi connectivity index (χ1v) is 12.5. The standard InChI is InChI=1S/C23H20F5N5O3S/c1-12-17(25)7-16(21(12)37(35,36)15-4-2-13(24)3-5-15)22(34)31-8-14-6-18(33-11-32-14)19-9-30-20(10-29-19)23(26,27)28/h2-6,9-12,16-17,21H,7-8H2,1H3,(H,31,34)/t12-,16+,17+,21?/m0/s1. The summed E-state index contributed by atoms with van der Waals surface area (Å²) >= 11 is 0. The highest BCUT2D eigenvalue weighted by atomic mass is 32.2. The molecule has 1 unspecified atom stereocenters. The van der Waals surface area contributed by atoms with Crippen molar-refractivity contribution in [3.8, 4) is 11.4 Å². The van der Waals surface area contributed by atoms with Crippen LogP contribution in [0.3, 0.4) is 0 Å². The van der Waals surface area contributed by atoms with Crippen molar-refractivity contribution in [3.63, 3.8) is 0 Å². The summed E-state index contributed by atoms with van der Waals surface area (Å²) in [5.41, 5.74) is -0.727. The summed E-state index contributed by atoms with van der Waals surface area (Å²) in [7, 11) is -4.16. The molecule has 0 saturated heterocycles. The minimum Gasteiger partial charge on any atom is -0.350 e. The molecule has 4 atom stereocenters. The van der Waals surface area contributed by atoms with Gasteiger partial charge in [0.1, 0.15) is 24.0 Å². The molecule has 3 aromatic rings. The summed E-state index contributed by atoms with van der Waals surface area (Å²) in [6.07, 6.45) is -3.92. The number of hydrogen-bond donors (Lipinski definition) is 1. The van der Waals surface area contributed by atoms with E-state index in [1.54, 1.807) is 0 Å². The largest absolute Gasteiger partial charge is 0.434 e. The Bertz CT molecular complexity index is 1390. The van der Waals surface area contributed by atoms with Crippen LogP contribution in [0.15, 0.2) is 53.9 Å². The van der Waals surface area contributed by atoms with E-state index >= 15 is 0 Å². The molecule has 0 aliphatic heterocycles. The van der Waals surface area contributed by atoms with Gasteiger partial charge in [-0.25, -0.2) is 32.2 Å². The number of hydrogen-bond acceptors (Lipinski definition) is 7. The van der Waals surface area contributed by atoms with Crippen molar-refractivity contribution in [1.29, 1.82) is 0 Å². The van der Waals surface area contributed by atoms with E-state index in [9.17, 15) is 35.2 Å². The van der Waals surface area contributed by atoms with Gasteiger partial charge in [-0.2, -0.15) is 13.2 Å². The molecule has 2 aromatic heterocycles. The van der Waals surface area contributed by atoms with Crippen molar-refractivity contribution in [2.45, 2.75) is 42.4 Å². The van der Waals surface area contributed by atoms with E-state index in [0.29, 0.717) is 6.20 Å². The van der Waals surface area contributed by atoms with Crippen LogP contribution < -0.4 is 5.32 Å². The molecule has 1 saturated carbocycles. The smallest absolute Gasteiger partial charge is 0.350 e. The second-order valence-electron chi connectivity index (χ2n) is 8.58. The lowest BCUT2D eigenvalue weighted by atomic mass is 10.0. The van der Waals surface area contributed by atoms with Crippen LogP contribution in [0.1, 0.15) is 24.7 Å². The molecular formula is C23H20F5N5O3S. The maximum Gasteiger partial charge on any atom is 0.434 e. The molecular weight excluding hydrogens is 521 g/mol. The second kappa shape index (κ2) is 10.1. The molecule has 1 fully saturated rings. The molecule has 1 amide bonds. The van der Waals surface area contributed by atoms with Gasteiger partial charge < -0.3 is 5.32 Å². The lowest BCUT2D eigenvalue weighted by Crippen LogP contribution is -2.40. The Hall–Kier alpha value is -3.55. The van der Waals surface area contributed by atoms with Crippen molar-refractivity contribution in [2.75, 3.05) is 0 Å². The number of amides is 1.